The predicted octanol–water partition coefficient (Wildman–Crippen LogP) is 3.60. The zero-order valence-corrected chi connectivity index (χ0v) is 14.0. The summed E-state index contributed by atoms with van der Waals surface area (Å²) in [5.41, 5.74) is 7.93. The zero-order chi connectivity index (χ0) is 14.5. The minimum atomic E-state index is 0.180. The lowest BCUT2D eigenvalue weighted by Crippen LogP contribution is -2.38. The molecule has 2 aliphatic rings. The van der Waals surface area contributed by atoms with Crippen molar-refractivity contribution in [2.45, 2.75) is 53.0 Å². The van der Waals surface area contributed by atoms with E-state index in [-0.39, 0.29) is 6.04 Å². The Morgan fingerprint density at radius 2 is 1.90 bits per heavy atom. The van der Waals surface area contributed by atoms with Gasteiger partial charge in [0.1, 0.15) is 0 Å². The number of thiazole rings is 1. The van der Waals surface area contributed by atoms with Gasteiger partial charge in [0.2, 0.25) is 0 Å². The van der Waals surface area contributed by atoms with Crippen molar-refractivity contribution in [1.29, 1.82) is 0 Å². The maximum absolute atomic E-state index is 6.37. The molecule has 3 rings (SSSR count). The van der Waals surface area contributed by atoms with Crippen molar-refractivity contribution >= 4 is 16.5 Å². The standard InChI is InChI=1S/C16H27N3S/c1-10-5-11(2)9-19(8-10)15-18-13-7-16(3,4)6-12(17)14(13)20-15/h10-12H,5-9,17H2,1-4H3. The lowest BCUT2D eigenvalue weighted by Gasteiger charge is -2.34. The van der Waals surface area contributed by atoms with Crippen LogP contribution in [0, 0.1) is 17.3 Å². The van der Waals surface area contributed by atoms with Crippen LogP contribution in [0.25, 0.3) is 0 Å². The van der Waals surface area contributed by atoms with E-state index in [1.54, 1.807) is 0 Å². The van der Waals surface area contributed by atoms with Crippen LogP contribution >= 0.6 is 11.3 Å². The summed E-state index contributed by atoms with van der Waals surface area (Å²) in [6, 6.07) is 0.180. The maximum atomic E-state index is 6.37. The maximum Gasteiger partial charge on any atom is 0.185 e. The Kier molecular flexibility index (Phi) is 3.57. The smallest absolute Gasteiger partial charge is 0.185 e. The van der Waals surface area contributed by atoms with E-state index in [0.29, 0.717) is 5.41 Å². The third-order valence-electron chi connectivity index (χ3n) is 4.61. The molecule has 0 spiro atoms. The van der Waals surface area contributed by atoms with E-state index in [1.807, 2.05) is 11.3 Å². The Labute approximate surface area is 126 Å². The van der Waals surface area contributed by atoms with Crippen molar-refractivity contribution in [3.05, 3.63) is 10.6 Å². The average molecular weight is 293 g/mol. The van der Waals surface area contributed by atoms with Crippen LogP contribution in [0.15, 0.2) is 0 Å². The number of nitrogens with zero attached hydrogens (tertiary/aromatic N) is 2. The van der Waals surface area contributed by atoms with Gasteiger partial charge in [0.25, 0.3) is 0 Å². The number of aromatic nitrogens is 1. The normalized spacial score (nSPS) is 33.0. The number of hydrogen-bond acceptors (Lipinski definition) is 4. The molecule has 1 aliphatic carbocycles. The van der Waals surface area contributed by atoms with E-state index in [0.717, 1.165) is 37.8 Å². The number of hydrogen-bond donors (Lipinski definition) is 1. The Hall–Kier alpha value is -0.610. The monoisotopic (exact) mass is 293 g/mol. The summed E-state index contributed by atoms with van der Waals surface area (Å²) in [5.74, 6) is 1.54. The van der Waals surface area contributed by atoms with Crippen molar-refractivity contribution < 1.29 is 0 Å². The molecule has 2 N–H and O–H groups in total. The van der Waals surface area contributed by atoms with Gasteiger partial charge in [-0.15, -0.1) is 0 Å². The molecular weight excluding hydrogens is 266 g/mol. The number of rotatable bonds is 1. The van der Waals surface area contributed by atoms with Gasteiger partial charge in [0.05, 0.1) is 5.69 Å². The van der Waals surface area contributed by atoms with E-state index in [1.165, 1.54) is 22.1 Å². The van der Waals surface area contributed by atoms with Gasteiger partial charge in [-0.05, 0) is 36.5 Å². The zero-order valence-electron chi connectivity index (χ0n) is 13.1. The van der Waals surface area contributed by atoms with Gasteiger partial charge in [0.15, 0.2) is 5.13 Å². The van der Waals surface area contributed by atoms with Gasteiger partial charge < -0.3 is 10.6 Å². The van der Waals surface area contributed by atoms with Crippen LogP contribution in [0.5, 0.6) is 0 Å². The van der Waals surface area contributed by atoms with Gasteiger partial charge in [0, 0.05) is 24.0 Å². The third-order valence-corrected chi connectivity index (χ3v) is 5.90. The number of nitrogens with two attached hydrogens (primary N) is 1. The minimum absolute atomic E-state index is 0.180. The van der Waals surface area contributed by atoms with Crippen LogP contribution in [0.2, 0.25) is 0 Å². The number of fused-ring (bicyclic) bond motifs is 1. The first-order valence-electron chi connectivity index (χ1n) is 7.84. The molecular formula is C16H27N3S. The van der Waals surface area contributed by atoms with E-state index >= 15 is 0 Å². The molecule has 1 aromatic rings. The first-order valence-corrected chi connectivity index (χ1v) is 8.66. The summed E-state index contributed by atoms with van der Waals surface area (Å²) in [5, 5.41) is 1.21. The van der Waals surface area contributed by atoms with E-state index in [9.17, 15) is 0 Å². The summed E-state index contributed by atoms with van der Waals surface area (Å²) >= 11 is 1.84. The summed E-state index contributed by atoms with van der Waals surface area (Å²) < 4.78 is 0. The molecule has 4 heteroatoms. The van der Waals surface area contributed by atoms with Crippen LogP contribution in [-0.2, 0) is 6.42 Å². The largest absolute Gasteiger partial charge is 0.348 e. The van der Waals surface area contributed by atoms with Gasteiger partial charge in [-0.2, -0.15) is 0 Å². The molecule has 1 fully saturated rings. The van der Waals surface area contributed by atoms with Crippen molar-refractivity contribution in [3.8, 4) is 0 Å². The van der Waals surface area contributed by atoms with Crippen LogP contribution in [0.1, 0.15) is 57.1 Å². The summed E-state index contributed by atoms with van der Waals surface area (Å²) in [6.07, 6.45) is 3.49. The van der Waals surface area contributed by atoms with Gasteiger partial charge >= 0.3 is 0 Å². The molecule has 0 aromatic carbocycles. The topological polar surface area (TPSA) is 42.2 Å². The van der Waals surface area contributed by atoms with Crippen LogP contribution in [0.4, 0.5) is 5.13 Å². The van der Waals surface area contributed by atoms with Crippen molar-refractivity contribution in [2.24, 2.45) is 23.0 Å². The molecule has 3 unspecified atom stereocenters. The minimum Gasteiger partial charge on any atom is -0.348 e. The molecule has 20 heavy (non-hydrogen) atoms. The Bertz CT molecular complexity index is 484. The molecule has 0 bridgehead atoms. The SMILES string of the molecule is CC1CC(C)CN(c2nc3c(s2)C(N)CC(C)(C)C3)C1. The fraction of sp³-hybridized carbons (Fsp3) is 0.812. The van der Waals surface area contributed by atoms with E-state index in [2.05, 4.69) is 32.6 Å². The Morgan fingerprint density at radius 3 is 2.55 bits per heavy atom. The van der Waals surface area contributed by atoms with E-state index < -0.39 is 0 Å². The van der Waals surface area contributed by atoms with Gasteiger partial charge in [-0.1, -0.05) is 39.0 Å². The second kappa shape index (κ2) is 4.99. The fourth-order valence-corrected chi connectivity index (χ4v) is 5.04. The summed E-state index contributed by atoms with van der Waals surface area (Å²) in [6.45, 7) is 11.6. The first kappa shape index (κ1) is 14.3. The molecule has 112 valence electrons. The Balaban J connectivity index is 1.86. The number of piperidine rings is 1. The molecule has 3 nitrogen and oxygen atoms in total. The lowest BCUT2D eigenvalue weighted by molar-refractivity contribution is 0.282. The third kappa shape index (κ3) is 2.73. The summed E-state index contributed by atoms with van der Waals surface area (Å²) in [7, 11) is 0. The molecule has 0 saturated carbocycles. The van der Waals surface area contributed by atoms with Gasteiger partial charge in [-0.3, -0.25) is 0 Å². The summed E-state index contributed by atoms with van der Waals surface area (Å²) in [4.78, 5) is 8.78. The molecule has 2 heterocycles. The molecule has 3 atom stereocenters. The average Bonchev–Trinajstić information content (AvgIpc) is 2.69. The first-order chi connectivity index (χ1) is 9.34. The van der Waals surface area contributed by atoms with Crippen LogP contribution in [-0.4, -0.2) is 18.1 Å². The van der Waals surface area contributed by atoms with E-state index in [4.69, 9.17) is 10.7 Å². The van der Waals surface area contributed by atoms with Gasteiger partial charge in [-0.25, -0.2) is 4.98 Å². The molecule has 1 aromatic heterocycles. The number of anilines is 1. The van der Waals surface area contributed by atoms with Crippen molar-refractivity contribution in [3.63, 3.8) is 0 Å². The highest BCUT2D eigenvalue weighted by Gasteiger charge is 2.34. The second-order valence-corrected chi connectivity index (χ2v) is 8.82. The molecule has 0 amide bonds. The predicted molar refractivity (Wildman–Crippen MR) is 86.3 cm³/mol. The highest BCUT2D eigenvalue weighted by molar-refractivity contribution is 7.15. The molecule has 0 radical (unpaired) electrons. The van der Waals surface area contributed by atoms with Crippen LogP contribution < -0.4 is 10.6 Å². The lowest BCUT2D eigenvalue weighted by atomic mass is 9.77. The molecule has 1 saturated heterocycles. The van der Waals surface area contributed by atoms with Crippen molar-refractivity contribution in [2.75, 3.05) is 18.0 Å². The fourth-order valence-electron chi connectivity index (χ4n) is 3.93. The quantitative estimate of drug-likeness (QED) is 0.860. The highest BCUT2D eigenvalue weighted by atomic mass is 32.1. The van der Waals surface area contributed by atoms with Crippen molar-refractivity contribution in [1.82, 2.24) is 4.98 Å². The molecule has 1 aliphatic heterocycles. The van der Waals surface area contributed by atoms with Crippen LogP contribution in [0.3, 0.4) is 0 Å². The highest BCUT2D eigenvalue weighted by Crippen LogP contribution is 2.44. The Morgan fingerprint density at radius 1 is 1.25 bits per heavy atom. The second-order valence-electron chi connectivity index (χ2n) is 7.81.